The Labute approximate surface area is 142 Å². The van der Waals surface area contributed by atoms with Gasteiger partial charge in [0.15, 0.2) is 0 Å². The largest absolute Gasteiger partial charge is 0.309 e. The highest BCUT2D eigenvalue weighted by molar-refractivity contribution is 5.26. The van der Waals surface area contributed by atoms with Gasteiger partial charge in [-0.25, -0.2) is 0 Å². The van der Waals surface area contributed by atoms with Crippen molar-refractivity contribution < 1.29 is 0 Å². The summed E-state index contributed by atoms with van der Waals surface area (Å²) in [4.78, 5) is 0. The summed E-state index contributed by atoms with van der Waals surface area (Å²) in [7, 11) is 0. The van der Waals surface area contributed by atoms with Gasteiger partial charge in [0.05, 0.1) is 18.9 Å². The molecule has 0 bridgehead atoms. The molecule has 1 aromatic carbocycles. The van der Waals surface area contributed by atoms with Crippen LogP contribution in [0.25, 0.3) is 0 Å². The lowest BCUT2D eigenvalue weighted by Crippen LogP contribution is -2.33. The Kier molecular flexibility index (Phi) is 4.17. The molecular formula is C19H23N5. The van der Waals surface area contributed by atoms with E-state index >= 15 is 0 Å². The molecule has 1 unspecified atom stereocenters. The summed E-state index contributed by atoms with van der Waals surface area (Å²) in [6.45, 7) is 3.84. The molecule has 24 heavy (non-hydrogen) atoms. The van der Waals surface area contributed by atoms with Gasteiger partial charge in [-0.05, 0) is 42.9 Å². The first-order valence-corrected chi connectivity index (χ1v) is 8.58. The van der Waals surface area contributed by atoms with Crippen molar-refractivity contribution >= 4 is 0 Å². The predicted molar refractivity (Wildman–Crippen MR) is 93.7 cm³/mol. The number of fused-ring (bicyclic) bond motifs is 1. The third-order valence-corrected chi connectivity index (χ3v) is 4.89. The van der Waals surface area contributed by atoms with Gasteiger partial charge >= 0.3 is 0 Å². The van der Waals surface area contributed by atoms with Gasteiger partial charge in [-0.15, -0.1) is 0 Å². The summed E-state index contributed by atoms with van der Waals surface area (Å²) in [5.41, 5.74) is 6.53. The molecule has 2 N–H and O–H groups in total. The standard InChI is InChI=1S/C19H23N5/c1-14-4-2-3-5-16(14)13-24-12-15(10-22-24)9-20-18-6-7-19-17(8-18)11-21-23-19/h2-5,10-12,18,20H,6-9,13H2,1H3,(H,21,23). The van der Waals surface area contributed by atoms with E-state index in [1.165, 1.54) is 27.9 Å². The molecule has 2 aromatic heterocycles. The Hall–Kier alpha value is -2.40. The Bertz CT molecular complexity index is 817. The number of aryl methyl sites for hydroxylation is 2. The third-order valence-electron chi connectivity index (χ3n) is 4.89. The molecule has 5 heteroatoms. The third kappa shape index (κ3) is 3.26. The van der Waals surface area contributed by atoms with Gasteiger partial charge in [0.1, 0.15) is 0 Å². The van der Waals surface area contributed by atoms with Gasteiger partial charge in [0, 0.05) is 30.0 Å². The van der Waals surface area contributed by atoms with Crippen molar-refractivity contribution in [3.8, 4) is 0 Å². The molecule has 1 atom stereocenters. The quantitative estimate of drug-likeness (QED) is 0.759. The zero-order valence-electron chi connectivity index (χ0n) is 14.0. The van der Waals surface area contributed by atoms with Gasteiger partial charge in [0.2, 0.25) is 0 Å². The van der Waals surface area contributed by atoms with E-state index < -0.39 is 0 Å². The topological polar surface area (TPSA) is 58.5 Å². The summed E-state index contributed by atoms with van der Waals surface area (Å²) in [6, 6.07) is 9.00. The van der Waals surface area contributed by atoms with E-state index in [1.54, 1.807) is 0 Å². The molecule has 2 heterocycles. The zero-order chi connectivity index (χ0) is 16.4. The van der Waals surface area contributed by atoms with Crippen molar-refractivity contribution in [2.75, 3.05) is 0 Å². The molecule has 3 aromatic rings. The Morgan fingerprint density at radius 3 is 3.12 bits per heavy atom. The van der Waals surface area contributed by atoms with E-state index in [-0.39, 0.29) is 0 Å². The van der Waals surface area contributed by atoms with Crippen LogP contribution in [0.1, 0.15) is 34.4 Å². The first-order valence-electron chi connectivity index (χ1n) is 8.58. The van der Waals surface area contributed by atoms with Crippen LogP contribution in [-0.2, 0) is 25.9 Å². The van der Waals surface area contributed by atoms with Crippen molar-refractivity contribution in [2.45, 2.75) is 45.3 Å². The maximum absolute atomic E-state index is 4.51. The molecule has 0 saturated heterocycles. The molecule has 4 rings (SSSR count). The molecule has 0 saturated carbocycles. The van der Waals surface area contributed by atoms with Crippen LogP contribution in [0, 0.1) is 6.92 Å². The summed E-state index contributed by atoms with van der Waals surface area (Å²) in [6.07, 6.45) is 9.38. The molecule has 124 valence electrons. The molecule has 0 aliphatic heterocycles. The lowest BCUT2D eigenvalue weighted by atomic mass is 9.93. The molecule has 0 fully saturated rings. The molecule has 5 nitrogen and oxygen atoms in total. The average Bonchev–Trinajstić information content (AvgIpc) is 3.23. The fraction of sp³-hybridized carbons (Fsp3) is 0.368. The number of nitrogens with zero attached hydrogens (tertiary/aromatic N) is 3. The highest BCUT2D eigenvalue weighted by atomic mass is 15.3. The normalized spacial score (nSPS) is 17.0. The van der Waals surface area contributed by atoms with Gasteiger partial charge < -0.3 is 5.32 Å². The molecule has 0 amide bonds. The lowest BCUT2D eigenvalue weighted by molar-refractivity contribution is 0.455. The smallest absolute Gasteiger partial charge is 0.0662 e. The van der Waals surface area contributed by atoms with E-state index in [1.807, 2.05) is 17.1 Å². The second-order valence-corrected chi connectivity index (χ2v) is 6.67. The van der Waals surface area contributed by atoms with Crippen molar-refractivity contribution in [3.63, 3.8) is 0 Å². The van der Waals surface area contributed by atoms with Gasteiger partial charge in [-0.3, -0.25) is 9.78 Å². The van der Waals surface area contributed by atoms with E-state index in [0.29, 0.717) is 6.04 Å². The number of rotatable bonds is 5. The van der Waals surface area contributed by atoms with Crippen molar-refractivity contribution in [2.24, 2.45) is 0 Å². The highest BCUT2D eigenvalue weighted by Gasteiger charge is 2.19. The number of nitrogens with one attached hydrogen (secondary N) is 2. The second kappa shape index (κ2) is 6.61. The average molecular weight is 321 g/mol. The SMILES string of the molecule is Cc1ccccc1Cn1cc(CNC2CCc3[nH]ncc3C2)cn1. The Balaban J connectivity index is 1.34. The van der Waals surface area contributed by atoms with Crippen molar-refractivity contribution in [3.05, 3.63) is 70.8 Å². The number of benzene rings is 1. The maximum atomic E-state index is 4.51. The minimum absolute atomic E-state index is 0.523. The lowest BCUT2D eigenvalue weighted by Gasteiger charge is -2.22. The number of hydrogen-bond acceptors (Lipinski definition) is 3. The van der Waals surface area contributed by atoms with E-state index in [2.05, 4.69) is 58.0 Å². The van der Waals surface area contributed by atoms with Crippen LogP contribution >= 0.6 is 0 Å². The van der Waals surface area contributed by atoms with Crippen LogP contribution in [-0.4, -0.2) is 26.0 Å². The van der Waals surface area contributed by atoms with E-state index in [0.717, 1.165) is 32.4 Å². The maximum Gasteiger partial charge on any atom is 0.0662 e. The predicted octanol–water partition coefficient (Wildman–Crippen LogP) is 2.61. The second-order valence-electron chi connectivity index (χ2n) is 6.67. The van der Waals surface area contributed by atoms with Crippen LogP contribution < -0.4 is 5.32 Å². The number of aromatic amines is 1. The van der Waals surface area contributed by atoms with Crippen LogP contribution in [0.15, 0.2) is 42.9 Å². The summed E-state index contributed by atoms with van der Waals surface area (Å²) >= 11 is 0. The first-order chi connectivity index (χ1) is 11.8. The van der Waals surface area contributed by atoms with Crippen LogP contribution in [0.2, 0.25) is 0 Å². The zero-order valence-corrected chi connectivity index (χ0v) is 14.0. The van der Waals surface area contributed by atoms with Crippen molar-refractivity contribution in [1.29, 1.82) is 0 Å². The number of hydrogen-bond donors (Lipinski definition) is 2. The summed E-state index contributed by atoms with van der Waals surface area (Å²) < 4.78 is 2.02. The fourth-order valence-corrected chi connectivity index (χ4v) is 3.40. The molecule has 1 aliphatic rings. The first kappa shape index (κ1) is 15.1. The molecule has 0 radical (unpaired) electrons. The minimum atomic E-state index is 0.523. The number of H-pyrrole nitrogens is 1. The minimum Gasteiger partial charge on any atom is -0.309 e. The summed E-state index contributed by atoms with van der Waals surface area (Å²) in [5, 5.41) is 15.4. The fourth-order valence-electron chi connectivity index (χ4n) is 3.40. The number of aromatic nitrogens is 4. The van der Waals surface area contributed by atoms with Crippen LogP contribution in [0.4, 0.5) is 0 Å². The van der Waals surface area contributed by atoms with Crippen LogP contribution in [0.3, 0.4) is 0 Å². The van der Waals surface area contributed by atoms with Gasteiger partial charge in [-0.1, -0.05) is 24.3 Å². The summed E-state index contributed by atoms with van der Waals surface area (Å²) in [5.74, 6) is 0. The molecule has 1 aliphatic carbocycles. The molecular weight excluding hydrogens is 298 g/mol. The Morgan fingerprint density at radius 2 is 2.21 bits per heavy atom. The van der Waals surface area contributed by atoms with Crippen molar-refractivity contribution in [1.82, 2.24) is 25.3 Å². The van der Waals surface area contributed by atoms with E-state index in [9.17, 15) is 0 Å². The van der Waals surface area contributed by atoms with Crippen LogP contribution in [0.5, 0.6) is 0 Å². The van der Waals surface area contributed by atoms with Gasteiger partial charge in [-0.2, -0.15) is 10.2 Å². The monoisotopic (exact) mass is 321 g/mol. The van der Waals surface area contributed by atoms with E-state index in [4.69, 9.17) is 0 Å². The van der Waals surface area contributed by atoms with Gasteiger partial charge in [0.25, 0.3) is 0 Å². The molecule has 0 spiro atoms. The highest BCUT2D eigenvalue weighted by Crippen LogP contribution is 2.19. The Morgan fingerprint density at radius 1 is 1.29 bits per heavy atom.